The maximum absolute atomic E-state index is 5.60. The van der Waals surface area contributed by atoms with Crippen molar-refractivity contribution in [1.29, 1.82) is 0 Å². The Morgan fingerprint density at radius 3 is 2.38 bits per heavy atom. The quantitative estimate of drug-likeness (QED) is 0.773. The fraction of sp³-hybridized carbons (Fsp3) is 0.600. The van der Waals surface area contributed by atoms with E-state index in [9.17, 15) is 0 Å². The van der Waals surface area contributed by atoms with Crippen molar-refractivity contribution in [2.45, 2.75) is 12.2 Å². The van der Waals surface area contributed by atoms with Gasteiger partial charge in [0, 0.05) is 27.3 Å². The summed E-state index contributed by atoms with van der Waals surface area (Å²) in [6.07, 6.45) is 3.35. The first-order valence-electron chi connectivity index (χ1n) is 5.12. The minimum Gasteiger partial charge on any atom is -0.382 e. The molecule has 0 amide bonds. The Balaban J connectivity index is 2.12. The molecule has 1 aliphatic rings. The summed E-state index contributed by atoms with van der Waals surface area (Å²) in [4.78, 5) is 10.3. The van der Waals surface area contributed by atoms with Gasteiger partial charge in [0.2, 0.25) is 0 Å². The van der Waals surface area contributed by atoms with Gasteiger partial charge in [0.05, 0.1) is 12.4 Å². The third-order valence-corrected chi connectivity index (χ3v) is 2.79. The van der Waals surface area contributed by atoms with E-state index in [4.69, 9.17) is 15.2 Å². The highest BCUT2D eigenvalue weighted by molar-refractivity contribution is 5.43. The molecule has 0 radical (unpaired) electrons. The van der Waals surface area contributed by atoms with Crippen LogP contribution in [0.25, 0.3) is 0 Å². The molecule has 1 aromatic heterocycles. The Hall–Kier alpha value is -1.40. The average molecular weight is 224 g/mol. The van der Waals surface area contributed by atoms with Crippen LogP contribution in [-0.2, 0) is 9.47 Å². The van der Waals surface area contributed by atoms with Gasteiger partial charge in [-0.1, -0.05) is 0 Å². The SMILES string of the molecule is COC1CN(c2cncc(N)n2)CC1OC. The number of aromatic nitrogens is 2. The molecule has 1 saturated heterocycles. The van der Waals surface area contributed by atoms with E-state index in [1.807, 2.05) is 0 Å². The van der Waals surface area contributed by atoms with Gasteiger partial charge in [-0.25, -0.2) is 4.98 Å². The van der Waals surface area contributed by atoms with E-state index in [2.05, 4.69) is 14.9 Å². The van der Waals surface area contributed by atoms with Crippen LogP contribution < -0.4 is 10.6 Å². The van der Waals surface area contributed by atoms with E-state index >= 15 is 0 Å². The number of nitrogens with zero attached hydrogens (tertiary/aromatic N) is 3. The molecular weight excluding hydrogens is 208 g/mol. The fourth-order valence-electron chi connectivity index (χ4n) is 1.91. The molecule has 1 aliphatic heterocycles. The number of ether oxygens (including phenoxy) is 2. The summed E-state index contributed by atoms with van der Waals surface area (Å²) < 4.78 is 10.7. The summed E-state index contributed by atoms with van der Waals surface area (Å²) in [5.41, 5.74) is 5.60. The zero-order chi connectivity index (χ0) is 11.5. The van der Waals surface area contributed by atoms with Gasteiger partial charge in [0.1, 0.15) is 23.8 Å². The Labute approximate surface area is 94.4 Å². The standard InChI is InChI=1S/C10H16N4O2/c1-15-7-5-14(6-8(7)16-2)10-4-12-3-9(11)13-10/h3-4,7-8H,5-6H2,1-2H3,(H2,11,13). The average Bonchev–Trinajstić information content (AvgIpc) is 2.72. The summed E-state index contributed by atoms with van der Waals surface area (Å²) in [6, 6.07) is 0. The normalized spacial score (nSPS) is 25.0. The number of nitrogens with two attached hydrogens (primary N) is 1. The lowest BCUT2D eigenvalue weighted by molar-refractivity contribution is -0.00461. The van der Waals surface area contributed by atoms with Crippen molar-refractivity contribution in [3.8, 4) is 0 Å². The molecule has 0 aromatic carbocycles. The molecule has 6 nitrogen and oxygen atoms in total. The molecule has 2 unspecified atom stereocenters. The van der Waals surface area contributed by atoms with Gasteiger partial charge < -0.3 is 20.1 Å². The zero-order valence-corrected chi connectivity index (χ0v) is 9.46. The van der Waals surface area contributed by atoms with Gasteiger partial charge in [-0.2, -0.15) is 0 Å². The summed E-state index contributed by atoms with van der Waals surface area (Å²) in [5, 5.41) is 0. The van der Waals surface area contributed by atoms with Crippen molar-refractivity contribution in [1.82, 2.24) is 9.97 Å². The van der Waals surface area contributed by atoms with Crippen molar-refractivity contribution in [2.75, 3.05) is 37.9 Å². The molecule has 0 aliphatic carbocycles. The minimum absolute atomic E-state index is 0.0632. The van der Waals surface area contributed by atoms with Crippen LogP contribution in [-0.4, -0.2) is 49.5 Å². The molecule has 2 rings (SSSR count). The largest absolute Gasteiger partial charge is 0.382 e. The van der Waals surface area contributed by atoms with Crippen LogP contribution in [0.15, 0.2) is 12.4 Å². The number of methoxy groups -OCH3 is 2. The van der Waals surface area contributed by atoms with Gasteiger partial charge in [-0.3, -0.25) is 4.98 Å². The van der Waals surface area contributed by atoms with Crippen molar-refractivity contribution in [3.05, 3.63) is 12.4 Å². The Morgan fingerprint density at radius 1 is 1.25 bits per heavy atom. The third-order valence-electron chi connectivity index (χ3n) is 2.79. The molecule has 2 atom stereocenters. The molecule has 0 spiro atoms. The molecule has 0 bridgehead atoms. The molecule has 2 N–H and O–H groups in total. The Bertz CT molecular complexity index is 348. The molecule has 2 heterocycles. The van der Waals surface area contributed by atoms with Crippen LogP contribution in [0.3, 0.4) is 0 Å². The summed E-state index contributed by atoms with van der Waals surface area (Å²) in [5.74, 6) is 1.19. The van der Waals surface area contributed by atoms with Gasteiger partial charge in [0.15, 0.2) is 0 Å². The lowest BCUT2D eigenvalue weighted by Gasteiger charge is -2.16. The van der Waals surface area contributed by atoms with Crippen LogP contribution in [0.1, 0.15) is 0 Å². The van der Waals surface area contributed by atoms with Crippen molar-refractivity contribution >= 4 is 11.6 Å². The predicted octanol–water partition coefficient (Wildman–Crippen LogP) is -0.0912. The van der Waals surface area contributed by atoms with Crippen molar-refractivity contribution < 1.29 is 9.47 Å². The van der Waals surface area contributed by atoms with Crippen molar-refractivity contribution in [2.24, 2.45) is 0 Å². The molecule has 0 saturated carbocycles. The topological polar surface area (TPSA) is 73.5 Å². The van der Waals surface area contributed by atoms with Gasteiger partial charge in [-0.15, -0.1) is 0 Å². The van der Waals surface area contributed by atoms with Gasteiger partial charge in [-0.05, 0) is 0 Å². The lowest BCUT2D eigenvalue weighted by Crippen LogP contribution is -2.27. The maximum Gasteiger partial charge on any atom is 0.149 e. The van der Waals surface area contributed by atoms with E-state index in [1.165, 1.54) is 6.20 Å². The van der Waals surface area contributed by atoms with Crippen molar-refractivity contribution in [3.63, 3.8) is 0 Å². The molecule has 1 aromatic rings. The molecule has 88 valence electrons. The predicted molar refractivity (Wildman–Crippen MR) is 60.3 cm³/mol. The van der Waals surface area contributed by atoms with Crippen LogP contribution in [0.4, 0.5) is 11.6 Å². The molecule has 16 heavy (non-hydrogen) atoms. The van der Waals surface area contributed by atoms with Crippen LogP contribution in [0, 0.1) is 0 Å². The van der Waals surface area contributed by atoms with Gasteiger partial charge in [0.25, 0.3) is 0 Å². The van der Waals surface area contributed by atoms with Crippen LogP contribution >= 0.6 is 0 Å². The first-order valence-corrected chi connectivity index (χ1v) is 5.12. The second kappa shape index (κ2) is 4.63. The van der Waals surface area contributed by atoms with E-state index in [-0.39, 0.29) is 12.2 Å². The first-order chi connectivity index (χ1) is 7.74. The second-order valence-corrected chi connectivity index (χ2v) is 3.76. The number of nitrogen functional groups attached to an aromatic ring is 1. The molecule has 6 heteroatoms. The number of hydrogen-bond donors (Lipinski definition) is 1. The fourth-order valence-corrected chi connectivity index (χ4v) is 1.91. The smallest absolute Gasteiger partial charge is 0.149 e. The maximum atomic E-state index is 5.60. The lowest BCUT2D eigenvalue weighted by atomic mass is 10.3. The van der Waals surface area contributed by atoms with Crippen LogP contribution in [0.5, 0.6) is 0 Å². The summed E-state index contributed by atoms with van der Waals surface area (Å²) >= 11 is 0. The third kappa shape index (κ3) is 2.07. The highest BCUT2D eigenvalue weighted by atomic mass is 16.5. The molecular formula is C10H16N4O2. The zero-order valence-electron chi connectivity index (χ0n) is 9.46. The van der Waals surface area contributed by atoms with Crippen LogP contribution in [0.2, 0.25) is 0 Å². The number of anilines is 2. The Kier molecular flexibility index (Phi) is 3.21. The minimum atomic E-state index is 0.0632. The Morgan fingerprint density at radius 2 is 1.88 bits per heavy atom. The number of hydrogen-bond acceptors (Lipinski definition) is 6. The summed E-state index contributed by atoms with van der Waals surface area (Å²) in [6.45, 7) is 1.49. The van der Waals surface area contributed by atoms with Gasteiger partial charge >= 0.3 is 0 Å². The molecule has 1 fully saturated rings. The number of rotatable bonds is 3. The van der Waals surface area contributed by atoms with E-state index < -0.39 is 0 Å². The van der Waals surface area contributed by atoms with E-state index in [0.717, 1.165) is 18.9 Å². The monoisotopic (exact) mass is 224 g/mol. The summed E-state index contributed by atoms with van der Waals surface area (Å²) in [7, 11) is 3.37. The second-order valence-electron chi connectivity index (χ2n) is 3.76. The van der Waals surface area contributed by atoms with E-state index in [0.29, 0.717) is 5.82 Å². The first kappa shape index (κ1) is 11.1. The highest BCUT2D eigenvalue weighted by Gasteiger charge is 2.33. The highest BCUT2D eigenvalue weighted by Crippen LogP contribution is 2.21. The van der Waals surface area contributed by atoms with E-state index in [1.54, 1.807) is 20.4 Å².